The fourth-order valence-electron chi connectivity index (χ4n) is 0.326. The Balaban J connectivity index is 2.60. The number of rotatable bonds is 6. The van der Waals surface area contributed by atoms with Crippen LogP contribution in [0.25, 0.3) is 0 Å². The Labute approximate surface area is 53.7 Å². The highest BCUT2D eigenvalue weighted by Gasteiger charge is 1.84. The number of nitrogens with one attached hydrogen (secondary N) is 1. The third-order valence-electron chi connectivity index (χ3n) is 0.649. The van der Waals surface area contributed by atoms with Gasteiger partial charge >= 0.3 is 0 Å². The van der Waals surface area contributed by atoms with E-state index in [1.165, 1.54) is 0 Å². The molecule has 0 aromatic rings. The van der Waals surface area contributed by atoms with Crippen molar-refractivity contribution in [3.8, 4) is 0 Å². The molecule has 9 heavy (non-hydrogen) atoms. The molecule has 0 aliphatic rings. The first-order chi connectivity index (χ1) is 4.41. The fraction of sp³-hybridized carbons (Fsp3) is 1.00. The first-order valence-electron chi connectivity index (χ1n) is 2.68. The molecule has 0 spiro atoms. The molecular weight excluding hydrogens is 124 g/mol. The molecule has 4 N–H and O–H groups in total. The summed E-state index contributed by atoms with van der Waals surface area (Å²) in [5.41, 5.74) is 2.00. The van der Waals surface area contributed by atoms with E-state index >= 15 is 0 Å². The Kier molecular flexibility index (Phi) is 7.63. The number of ether oxygens (including phenoxy) is 1. The van der Waals surface area contributed by atoms with Crippen molar-refractivity contribution in [3.63, 3.8) is 0 Å². The van der Waals surface area contributed by atoms with Gasteiger partial charge in [-0.2, -0.15) is 0 Å². The summed E-state index contributed by atoms with van der Waals surface area (Å²) >= 11 is 0. The molecule has 0 fully saturated rings. The number of nitrogens with two attached hydrogens (primary N) is 1. The first kappa shape index (κ1) is 8.80. The summed E-state index contributed by atoms with van der Waals surface area (Å²) in [6.45, 7) is 1.20. The molecular formula is C4H12N2O3. The van der Waals surface area contributed by atoms with E-state index in [4.69, 9.17) is 15.7 Å². The van der Waals surface area contributed by atoms with Gasteiger partial charge in [-0.1, -0.05) is 0 Å². The van der Waals surface area contributed by atoms with Crippen molar-refractivity contribution in [1.82, 2.24) is 5.59 Å². The van der Waals surface area contributed by atoms with Crippen LogP contribution >= 0.6 is 0 Å². The maximum Gasteiger partial charge on any atom is 0.0932 e. The Bertz CT molecular complexity index is 47.1. The topological polar surface area (TPSA) is 76.7 Å². The van der Waals surface area contributed by atoms with E-state index in [9.17, 15) is 0 Å². The predicted octanol–water partition coefficient (Wildman–Crippen LogP) is -1.61. The van der Waals surface area contributed by atoms with Crippen LogP contribution in [0.15, 0.2) is 0 Å². The summed E-state index contributed by atoms with van der Waals surface area (Å²) in [5, 5.41) is 8.22. The van der Waals surface area contributed by atoms with E-state index in [1.54, 1.807) is 0 Å². The third kappa shape index (κ3) is 7.80. The van der Waals surface area contributed by atoms with E-state index in [0.717, 1.165) is 0 Å². The molecule has 0 bridgehead atoms. The monoisotopic (exact) mass is 136 g/mol. The Morgan fingerprint density at radius 3 is 2.67 bits per heavy atom. The Morgan fingerprint density at radius 2 is 2.11 bits per heavy atom. The number of aliphatic hydroxyl groups excluding tert-OH is 1. The minimum absolute atomic E-state index is 0.0378. The van der Waals surface area contributed by atoms with Gasteiger partial charge in [0.05, 0.1) is 26.4 Å². The number of hydrogen-bond donors (Lipinski definition) is 3. The van der Waals surface area contributed by atoms with Gasteiger partial charge < -0.3 is 9.84 Å². The van der Waals surface area contributed by atoms with Crippen LogP contribution in [0.1, 0.15) is 0 Å². The van der Waals surface area contributed by atoms with Crippen molar-refractivity contribution in [1.29, 1.82) is 0 Å². The largest absolute Gasteiger partial charge is 0.394 e. The highest BCUT2D eigenvalue weighted by atomic mass is 16.7. The second-order valence-electron chi connectivity index (χ2n) is 1.30. The quantitative estimate of drug-likeness (QED) is 0.233. The Morgan fingerprint density at radius 1 is 1.33 bits per heavy atom. The summed E-state index contributed by atoms with van der Waals surface area (Å²) < 4.78 is 4.81. The number of hydrogen-bond acceptors (Lipinski definition) is 5. The maximum atomic E-state index is 8.22. The van der Waals surface area contributed by atoms with Gasteiger partial charge in [-0.3, -0.25) is 4.84 Å². The molecule has 0 rings (SSSR count). The molecule has 0 saturated heterocycles. The van der Waals surface area contributed by atoms with Gasteiger partial charge in [0.25, 0.3) is 0 Å². The molecule has 0 aliphatic heterocycles. The molecule has 5 heteroatoms. The van der Waals surface area contributed by atoms with Gasteiger partial charge in [0.1, 0.15) is 0 Å². The average Bonchev–Trinajstić information content (AvgIpc) is 1.89. The van der Waals surface area contributed by atoms with Gasteiger partial charge in [0.15, 0.2) is 0 Å². The van der Waals surface area contributed by atoms with E-state index < -0.39 is 0 Å². The second-order valence-corrected chi connectivity index (χ2v) is 1.30. The van der Waals surface area contributed by atoms with Crippen LogP contribution in [-0.2, 0) is 9.57 Å². The molecule has 0 unspecified atom stereocenters. The van der Waals surface area contributed by atoms with Gasteiger partial charge in [0.2, 0.25) is 0 Å². The van der Waals surface area contributed by atoms with Crippen molar-refractivity contribution >= 4 is 0 Å². The highest BCUT2D eigenvalue weighted by Crippen LogP contribution is 1.72. The minimum atomic E-state index is 0.0378. The summed E-state index contributed by atoms with van der Waals surface area (Å²) in [7, 11) is 0. The number of aliphatic hydroxyl groups is 1. The lowest BCUT2D eigenvalue weighted by Crippen LogP contribution is -2.24. The van der Waals surface area contributed by atoms with Crippen molar-refractivity contribution in [2.24, 2.45) is 5.84 Å². The summed E-state index contributed by atoms with van der Waals surface area (Å²) in [5.74, 6) is 4.77. The number of hydrazine groups is 1. The minimum Gasteiger partial charge on any atom is -0.394 e. The van der Waals surface area contributed by atoms with Crippen molar-refractivity contribution in [2.45, 2.75) is 0 Å². The maximum absolute atomic E-state index is 8.22. The lowest BCUT2D eigenvalue weighted by molar-refractivity contribution is -0.0111. The molecule has 0 atom stereocenters. The first-order valence-corrected chi connectivity index (χ1v) is 2.68. The van der Waals surface area contributed by atoms with E-state index in [-0.39, 0.29) is 6.61 Å². The van der Waals surface area contributed by atoms with E-state index in [2.05, 4.69) is 4.84 Å². The molecule has 0 heterocycles. The molecule has 0 aromatic heterocycles. The van der Waals surface area contributed by atoms with Crippen LogP contribution in [0.2, 0.25) is 0 Å². The van der Waals surface area contributed by atoms with E-state index in [0.29, 0.717) is 19.8 Å². The van der Waals surface area contributed by atoms with Gasteiger partial charge in [0, 0.05) is 0 Å². The third-order valence-corrected chi connectivity index (χ3v) is 0.649. The van der Waals surface area contributed by atoms with Crippen LogP contribution < -0.4 is 11.4 Å². The molecule has 0 amide bonds. The smallest absolute Gasteiger partial charge is 0.0932 e. The van der Waals surface area contributed by atoms with Crippen molar-refractivity contribution < 1.29 is 14.7 Å². The highest BCUT2D eigenvalue weighted by molar-refractivity contribution is 4.26. The molecule has 56 valence electrons. The zero-order valence-corrected chi connectivity index (χ0v) is 5.17. The summed E-state index contributed by atoms with van der Waals surface area (Å²) in [4.78, 5) is 4.50. The van der Waals surface area contributed by atoms with Crippen LogP contribution in [-0.4, -0.2) is 31.5 Å². The lowest BCUT2D eigenvalue weighted by atomic mass is 10.7. The van der Waals surface area contributed by atoms with Gasteiger partial charge in [-0.05, 0) is 0 Å². The summed E-state index contributed by atoms with van der Waals surface area (Å²) in [6, 6.07) is 0. The zero-order valence-electron chi connectivity index (χ0n) is 5.17. The van der Waals surface area contributed by atoms with E-state index in [1.807, 2.05) is 5.59 Å². The normalized spacial score (nSPS) is 10.0. The van der Waals surface area contributed by atoms with Gasteiger partial charge in [-0.15, -0.1) is 5.59 Å². The molecule has 5 nitrogen and oxygen atoms in total. The Hall–Kier alpha value is -0.200. The average molecular weight is 136 g/mol. The second kappa shape index (κ2) is 7.80. The predicted molar refractivity (Wildman–Crippen MR) is 31.2 cm³/mol. The molecule has 0 aromatic carbocycles. The molecule has 0 radical (unpaired) electrons. The standard InChI is InChI=1S/C4H12N2O3/c5-6-9-4-3-8-2-1-7/h6-7H,1-5H2. The van der Waals surface area contributed by atoms with Crippen LogP contribution in [0, 0.1) is 0 Å². The molecule has 0 aliphatic carbocycles. The van der Waals surface area contributed by atoms with Crippen molar-refractivity contribution in [3.05, 3.63) is 0 Å². The fourth-order valence-corrected chi connectivity index (χ4v) is 0.326. The van der Waals surface area contributed by atoms with Crippen LogP contribution in [0.3, 0.4) is 0 Å². The van der Waals surface area contributed by atoms with Crippen molar-refractivity contribution in [2.75, 3.05) is 26.4 Å². The molecule has 0 saturated carbocycles. The van der Waals surface area contributed by atoms with Crippen LogP contribution in [0.4, 0.5) is 0 Å². The summed E-state index contributed by atoms with van der Waals surface area (Å²) in [6.07, 6.45) is 0. The lowest BCUT2D eigenvalue weighted by Gasteiger charge is -2.00. The van der Waals surface area contributed by atoms with Gasteiger partial charge in [-0.25, -0.2) is 5.84 Å². The van der Waals surface area contributed by atoms with Crippen LogP contribution in [0.5, 0.6) is 0 Å². The zero-order chi connectivity index (χ0) is 6.95. The SMILES string of the molecule is NNOCCOCCO.